The molecule has 128 valence electrons. The Morgan fingerprint density at radius 1 is 1.46 bits per heavy atom. The van der Waals surface area contributed by atoms with E-state index in [2.05, 4.69) is 16.0 Å². The number of likely N-dealkylation sites (tertiary alicyclic amines) is 1. The maximum absolute atomic E-state index is 13.9. The summed E-state index contributed by atoms with van der Waals surface area (Å²) in [5.41, 5.74) is 0.902. The molecule has 1 aliphatic rings. The number of halogens is 1. The van der Waals surface area contributed by atoms with Crippen LogP contribution in [-0.2, 0) is 17.8 Å². The van der Waals surface area contributed by atoms with Crippen LogP contribution < -0.4 is 0 Å². The van der Waals surface area contributed by atoms with Crippen LogP contribution in [0.3, 0.4) is 0 Å². The van der Waals surface area contributed by atoms with Crippen molar-refractivity contribution in [1.29, 1.82) is 0 Å². The van der Waals surface area contributed by atoms with Crippen molar-refractivity contribution in [2.24, 2.45) is 0 Å². The number of amides is 1. The first-order valence-corrected chi connectivity index (χ1v) is 9.03. The quantitative estimate of drug-likeness (QED) is 0.806. The molecule has 4 nitrogen and oxygen atoms in total. The number of likely N-dealkylation sites (N-methyl/N-ethyl adjacent to an activating group) is 1. The second-order valence-corrected chi connectivity index (χ2v) is 7.34. The van der Waals surface area contributed by atoms with Crippen LogP contribution in [0.2, 0.25) is 0 Å². The third kappa shape index (κ3) is 4.39. The van der Waals surface area contributed by atoms with Crippen LogP contribution in [0.15, 0.2) is 42.0 Å². The normalized spacial score (nSPS) is 21.1. The highest BCUT2D eigenvalue weighted by Gasteiger charge is 2.33. The third-order valence-corrected chi connectivity index (χ3v) is 5.27. The smallest absolute Gasteiger partial charge is 0.226 e. The minimum absolute atomic E-state index is 0.0429. The Bertz CT molecular complexity index is 650. The predicted molar refractivity (Wildman–Crippen MR) is 93.6 cm³/mol. The van der Waals surface area contributed by atoms with Gasteiger partial charge >= 0.3 is 0 Å². The molecule has 6 heteroatoms. The van der Waals surface area contributed by atoms with Gasteiger partial charge in [0.1, 0.15) is 6.17 Å². The van der Waals surface area contributed by atoms with Crippen molar-refractivity contribution in [1.82, 2.24) is 14.8 Å². The fraction of sp³-hybridized carbons (Fsp3) is 0.444. The molecule has 3 heterocycles. The minimum atomic E-state index is -0.809. The number of rotatable bonds is 6. The zero-order valence-corrected chi connectivity index (χ0v) is 14.6. The summed E-state index contributed by atoms with van der Waals surface area (Å²) in [5.74, 6) is 0.0429. The van der Waals surface area contributed by atoms with Gasteiger partial charge in [-0.15, -0.1) is 11.3 Å². The number of nitrogens with zero attached hydrogens (tertiary/aromatic N) is 3. The van der Waals surface area contributed by atoms with Gasteiger partial charge in [0.25, 0.3) is 0 Å². The Labute approximate surface area is 145 Å². The van der Waals surface area contributed by atoms with Crippen molar-refractivity contribution < 1.29 is 9.18 Å². The lowest BCUT2D eigenvalue weighted by atomic mass is 10.1. The van der Waals surface area contributed by atoms with Gasteiger partial charge in [-0.2, -0.15) is 0 Å². The summed E-state index contributed by atoms with van der Waals surface area (Å²) in [5, 5.41) is 2.04. The van der Waals surface area contributed by atoms with Gasteiger partial charge in [0.15, 0.2) is 0 Å². The predicted octanol–water partition coefficient (Wildman–Crippen LogP) is 2.76. The van der Waals surface area contributed by atoms with Gasteiger partial charge in [-0.25, -0.2) is 4.39 Å². The number of hydrogen-bond donors (Lipinski definition) is 0. The van der Waals surface area contributed by atoms with Crippen molar-refractivity contribution in [2.75, 3.05) is 20.1 Å². The van der Waals surface area contributed by atoms with Crippen LogP contribution in [0, 0.1) is 0 Å². The van der Waals surface area contributed by atoms with E-state index in [1.165, 1.54) is 4.88 Å². The number of aromatic nitrogens is 1. The van der Waals surface area contributed by atoms with Gasteiger partial charge < -0.3 is 4.90 Å². The Kier molecular flexibility index (Phi) is 5.58. The van der Waals surface area contributed by atoms with Crippen molar-refractivity contribution in [2.45, 2.75) is 31.6 Å². The average Bonchev–Trinajstić information content (AvgIpc) is 3.19. The number of alkyl halides is 1. The highest BCUT2D eigenvalue weighted by atomic mass is 32.1. The lowest BCUT2D eigenvalue weighted by Gasteiger charge is -2.28. The summed E-state index contributed by atoms with van der Waals surface area (Å²) in [6, 6.07) is 7.89. The van der Waals surface area contributed by atoms with E-state index in [0.717, 1.165) is 12.1 Å². The molecular weight excluding hydrogens is 325 g/mol. The molecule has 0 spiro atoms. The molecule has 2 atom stereocenters. The summed E-state index contributed by atoms with van der Waals surface area (Å²) < 4.78 is 13.9. The summed E-state index contributed by atoms with van der Waals surface area (Å²) in [7, 11) is 1.80. The van der Waals surface area contributed by atoms with E-state index in [1.807, 2.05) is 23.6 Å². The zero-order valence-electron chi connectivity index (χ0n) is 13.8. The molecule has 1 saturated heterocycles. The number of carbonyl (C=O) groups is 1. The van der Waals surface area contributed by atoms with Crippen molar-refractivity contribution in [3.63, 3.8) is 0 Å². The molecule has 0 radical (unpaired) electrons. The molecule has 2 aromatic rings. The van der Waals surface area contributed by atoms with Crippen LogP contribution in [0.5, 0.6) is 0 Å². The molecule has 0 unspecified atom stereocenters. The lowest BCUT2D eigenvalue weighted by Crippen LogP contribution is -2.41. The molecular formula is C18H22FN3OS. The molecule has 0 N–H and O–H groups in total. The van der Waals surface area contributed by atoms with Gasteiger partial charge in [-0.05, 0) is 29.5 Å². The number of hydrogen-bond acceptors (Lipinski definition) is 4. The SMILES string of the molecule is CN(C[C@@H]1C[C@H](F)CN1Cc1cccs1)C(=O)Cc1cccnc1. The Hall–Kier alpha value is -1.79. The fourth-order valence-corrected chi connectivity index (χ4v) is 3.87. The highest BCUT2D eigenvalue weighted by Crippen LogP contribution is 2.24. The molecule has 2 aromatic heterocycles. The fourth-order valence-electron chi connectivity index (χ4n) is 3.14. The van der Waals surface area contributed by atoms with E-state index in [1.54, 1.807) is 35.7 Å². The summed E-state index contributed by atoms with van der Waals surface area (Å²) >= 11 is 1.69. The van der Waals surface area contributed by atoms with Crippen LogP contribution >= 0.6 is 11.3 Å². The second kappa shape index (κ2) is 7.85. The van der Waals surface area contributed by atoms with E-state index in [-0.39, 0.29) is 11.9 Å². The molecule has 0 aromatic carbocycles. The number of thiophene rings is 1. The molecule has 24 heavy (non-hydrogen) atoms. The first-order chi connectivity index (χ1) is 11.6. The maximum atomic E-state index is 13.9. The summed E-state index contributed by atoms with van der Waals surface area (Å²) in [6.45, 7) is 1.77. The first-order valence-electron chi connectivity index (χ1n) is 8.15. The molecule has 1 fully saturated rings. The van der Waals surface area contributed by atoms with Gasteiger partial charge in [-0.1, -0.05) is 12.1 Å². The van der Waals surface area contributed by atoms with Crippen LogP contribution in [0.25, 0.3) is 0 Å². The van der Waals surface area contributed by atoms with Gasteiger partial charge in [0.2, 0.25) is 5.91 Å². The van der Waals surface area contributed by atoms with Crippen molar-refractivity contribution in [3.05, 3.63) is 52.5 Å². The number of carbonyl (C=O) groups excluding carboxylic acids is 1. The van der Waals surface area contributed by atoms with Crippen LogP contribution in [-0.4, -0.2) is 53.0 Å². The Balaban J connectivity index is 1.57. The van der Waals surface area contributed by atoms with Crippen LogP contribution in [0.4, 0.5) is 4.39 Å². The average molecular weight is 347 g/mol. The molecule has 0 saturated carbocycles. The minimum Gasteiger partial charge on any atom is -0.344 e. The van der Waals surface area contributed by atoms with Gasteiger partial charge in [0, 0.05) is 50.0 Å². The lowest BCUT2D eigenvalue weighted by molar-refractivity contribution is -0.129. The standard InChI is InChI=1S/C18H22FN3OS/c1-21(18(23)8-14-4-2-6-20-10-14)12-16-9-15(19)11-22(16)13-17-5-3-7-24-17/h2-7,10,15-16H,8-9,11-13H2,1H3/t15-,16-/m0/s1. The Morgan fingerprint density at radius 2 is 2.33 bits per heavy atom. The summed E-state index contributed by atoms with van der Waals surface area (Å²) in [4.78, 5) is 21.5. The highest BCUT2D eigenvalue weighted by molar-refractivity contribution is 7.09. The topological polar surface area (TPSA) is 36.4 Å². The molecule has 1 amide bonds. The molecule has 1 aliphatic heterocycles. The van der Waals surface area contributed by atoms with E-state index in [0.29, 0.717) is 25.9 Å². The molecule has 0 aliphatic carbocycles. The zero-order chi connectivity index (χ0) is 16.9. The summed E-state index contributed by atoms with van der Waals surface area (Å²) in [6.07, 6.45) is 3.43. The monoisotopic (exact) mass is 347 g/mol. The van der Waals surface area contributed by atoms with E-state index >= 15 is 0 Å². The van der Waals surface area contributed by atoms with E-state index in [4.69, 9.17) is 0 Å². The van der Waals surface area contributed by atoms with E-state index < -0.39 is 6.17 Å². The first kappa shape index (κ1) is 17.0. The Morgan fingerprint density at radius 3 is 3.04 bits per heavy atom. The van der Waals surface area contributed by atoms with Gasteiger partial charge in [-0.3, -0.25) is 14.7 Å². The van der Waals surface area contributed by atoms with Crippen molar-refractivity contribution >= 4 is 17.2 Å². The maximum Gasteiger partial charge on any atom is 0.226 e. The van der Waals surface area contributed by atoms with Crippen LogP contribution in [0.1, 0.15) is 16.9 Å². The number of pyridine rings is 1. The largest absolute Gasteiger partial charge is 0.344 e. The third-order valence-electron chi connectivity index (χ3n) is 4.40. The molecule has 3 rings (SSSR count). The van der Waals surface area contributed by atoms with E-state index in [9.17, 15) is 9.18 Å². The van der Waals surface area contributed by atoms with Gasteiger partial charge in [0.05, 0.1) is 6.42 Å². The molecule has 0 bridgehead atoms. The van der Waals surface area contributed by atoms with Crippen molar-refractivity contribution in [3.8, 4) is 0 Å². The second-order valence-electron chi connectivity index (χ2n) is 6.31.